The maximum Gasteiger partial charge on any atom is 0.307 e. The fourth-order valence-electron chi connectivity index (χ4n) is 2.51. The number of methoxy groups -OCH3 is 1. The molecule has 1 unspecified atom stereocenters. The van der Waals surface area contributed by atoms with E-state index in [-0.39, 0.29) is 30.9 Å². The van der Waals surface area contributed by atoms with Crippen LogP contribution in [0.1, 0.15) is 25.7 Å². The van der Waals surface area contributed by atoms with Crippen molar-refractivity contribution in [3.8, 4) is 0 Å². The predicted molar refractivity (Wildman–Crippen MR) is 72.6 cm³/mol. The summed E-state index contributed by atoms with van der Waals surface area (Å²) in [7, 11) is 1.36. The normalized spacial score (nSPS) is 18.9. The zero-order chi connectivity index (χ0) is 14.5. The molecule has 1 fully saturated rings. The van der Waals surface area contributed by atoms with Gasteiger partial charge in [0.1, 0.15) is 6.54 Å². The van der Waals surface area contributed by atoms with E-state index in [1.54, 1.807) is 11.1 Å². The summed E-state index contributed by atoms with van der Waals surface area (Å²) >= 11 is 0. The second-order valence-electron chi connectivity index (χ2n) is 4.99. The molecule has 7 nitrogen and oxygen atoms in total. The number of esters is 1. The molecule has 0 bridgehead atoms. The van der Waals surface area contributed by atoms with E-state index in [9.17, 15) is 9.59 Å². The number of rotatable bonds is 4. The third-order valence-electron chi connectivity index (χ3n) is 3.53. The van der Waals surface area contributed by atoms with Crippen LogP contribution in [0.3, 0.4) is 0 Å². The first-order valence-electron chi connectivity index (χ1n) is 6.74. The Labute approximate surface area is 117 Å². The smallest absolute Gasteiger partial charge is 0.307 e. The molecule has 0 spiro atoms. The van der Waals surface area contributed by atoms with Gasteiger partial charge in [-0.2, -0.15) is 5.10 Å². The Balaban J connectivity index is 1.99. The number of carbonyl (C=O) groups excluding carboxylic acids is 2. The Bertz CT molecular complexity index is 486. The highest BCUT2D eigenvalue weighted by atomic mass is 16.5. The highest BCUT2D eigenvalue weighted by molar-refractivity contribution is 5.78. The van der Waals surface area contributed by atoms with Gasteiger partial charge in [-0.05, 0) is 19.3 Å². The summed E-state index contributed by atoms with van der Waals surface area (Å²) in [6, 6.07) is -0.0726. The van der Waals surface area contributed by atoms with Crippen LogP contribution in [0, 0.1) is 0 Å². The largest absolute Gasteiger partial charge is 0.469 e. The minimum atomic E-state index is -0.280. The standard InChI is InChI=1S/C13H20N4O3/c1-20-13(19)6-11-4-2-3-5-17(11)12(18)9-16-8-10(14)7-15-16/h7-8,11H,2-6,9,14H2,1H3. The maximum atomic E-state index is 12.3. The first-order chi connectivity index (χ1) is 9.60. The summed E-state index contributed by atoms with van der Waals surface area (Å²) in [6.45, 7) is 0.826. The van der Waals surface area contributed by atoms with Crippen molar-refractivity contribution in [2.45, 2.75) is 38.3 Å². The molecule has 0 aliphatic carbocycles. The number of amides is 1. The molecule has 1 aliphatic heterocycles. The topological polar surface area (TPSA) is 90.5 Å². The molecule has 1 aliphatic rings. The fourth-order valence-corrected chi connectivity index (χ4v) is 2.51. The van der Waals surface area contributed by atoms with Crippen LogP contribution >= 0.6 is 0 Å². The quantitative estimate of drug-likeness (QED) is 0.807. The van der Waals surface area contributed by atoms with Crippen LogP contribution in [0.15, 0.2) is 12.4 Å². The van der Waals surface area contributed by atoms with Gasteiger partial charge in [0.2, 0.25) is 5.91 Å². The van der Waals surface area contributed by atoms with Gasteiger partial charge in [-0.15, -0.1) is 0 Å². The highest BCUT2D eigenvalue weighted by Crippen LogP contribution is 2.20. The van der Waals surface area contributed by atoms with Crippen LogP contribution in [0.25, 0.3) is 0 Å². The summed E-state index contributed by atoms with van der Waals surface area (Å²) in [5, 5.41) is 4.01. The van der Waals surface area contributed by atoms with Crippen molar-refractivity contribution in [3.63, 3.8) is 0 Å². The van der Waals surface area contributed by atoms with Crippen LogP contribution in [-0.4, -0.2) is 46.3 Å². The Kier molecular flexibility index (Phi) is 4.60. The molecule has 0 saturated carbocycles. The number of piperidine rings is 1. The molecule has 0 radical (unpaired) electrons. The Morgan fingerprint density at radius 3 is 2.95 bits per heavy atom. The summed E-state index contributed by atoms with van der Waals surface area (Å²) < 4.78 is 6.21. The first kappa shape index (κ1) is 14.4. The summed E-state index contributed by atoms with van der Waals surface area (Å²) in [6.07, 6.45) is 6.21. The van der Waals surface area contributed by atoms with Gasteiger partial charge in [0.05, 0.1) is 25.4 Å². The van der Waals surface area contributed by atoms with Gasteiger partial charge in [-0.1, -0.05) is 0 Å². The predicted octanol–water partition coefficient (Wildman–Crippen LogP) is 0.409. The lowest BCUT2D eigenvalue weighted by molar-refractivity contribution is -0.144. The Morgan fingerprint density at radius 1 is 1.50 bits per heavy atom. The van der Waals surface area contributed by atoms with Gasteiger partial charge >= 0.3 is 5.97 Å². The van der Waals surface area contributed by atoms with Gasteiger partial charge in [0, 0.05) is 18.8 Å². The molecular formula is C13H20N4O3. The Morgan fingerprint density at radius 2 is 2.30 bits per heavy atom. The number of anilines is 1. The van der Waals surface area contributed by atoms with Crippen molar-refractivity contribution in [2.75, 3.05) is 19.4 Å². The van der Waals surface area contributed by atoms with Crippen molar-refractivity contribution >= 4 is 17.6 Å². The van der Waals surface area contributed by atoms with Crippen molar-refractivity contribution in [3.05, 3.63) is 12.4 Å². The highest BCUT2D eigenvalue weighted by Gasteiger charge is 2.28. The van der Waals surface area contributed by atoms with E-state index in [1.165, 1.54) is 18.0 Å². The number of ether oxygens (including phenoxy) is 1. The van der Waals surface area contributed by atoms with E-state index >= 15 is 0 Å². The van der Waals surface area contributed by atoms with Crippen LogP contribution in [0.4, 0.5) is 5.69 Å². The van der Waals surface area contributed by atoms with Gasteiger partial charge in [-0.3, -0.25) is 14.3 Å². The number of nitrogen functional groups attached to an aromatic ring is 1. The van der Waals surface area contributed by atoms with Crippen molar-refractivity contribution in [1.29, 1.82) is 0 Å². The third-order valence-corrected chi connectivity index (χ3v) is 3.53. The SMILES string of the molecule is COC(=O)CC1CCCCN1C(=O)Cn1cc(N)cn1. The molecule has 0 aromatic carbocycles. The molecule has 1 saturated heterocycles. The number of nitrogens with two attached hydrogens (primary N) is 1. The molecule has 1 atom stereocenters. The Hall–Kier alpha value is -2.05. The van der Waals surface area contributed by atoms with Crippen LogP contribution in [0.2, 0.25) is 0 Å². The number of likely N-dealkylation sites (tertiary alicyclic amines) is 1. The average Bonchev–Trinajstić information content (AvgIpc) is 2.84. The number of nitrogens with zero attached hydrogens (tertiary/aromatic N) is 3. The van der Waals surface area contributed by atoms with E-state index < -0.39 is 0 Å². The zero-order valence-electron chi connectivity index (χ0n) is 11.6. The van der Waals surface area contributed by atoms with Gasteiger partial charge in [-0.25, -0.2) is 0 Å². The van der Waals surface area contributed by atoms with E-state index in [4.69, 9.17) is 10.5 Å². The number of aromatic nitrogens is 2. The van der Waals surface area contributed by atoms with Gasteiger partial charge in [0.25, 0.3) is 0 Å². The number of hydrogen-bond donors (Lipinski definition) is 1. The van der Waals surface area contributed by atoms with Crippen molar-refractivity contribution < 1.29 is 14.3 Å². The van der Waals surface area contributed by atoms with E-state index in [1.807, 2.05) is 0 Å². The van der Waals surface area contributed by atoms with Crippen LogP contribution in [0.5, 0.6) is 0 Å². The monoisotopic (exact) mass is 280 g/mol. The molecule has 1 amide bonds. The third kappa shape index (κ3) is 3.49. The zero-order valence-corrected chi connectivity index (χ0v) is 11.6. The molecule has 2 N–H and O–H groups in total. The number of hydrogen-bond acceptors (Lipinski definition) is 5. The van der Waals surface area contributed by atoms with Crippen molar-refractivity contribution in [1.82, 2.24) is 14.7 Å². The molecule has 2 rings (SSSR count). The van der Waals surface area contributed by atoms with E-state index in [0.717, 1.165) is 19.3 Å². The molecule has 110 valence electrons. The summed E-state index contributed by atoms with van der Waals surface area (Å²) in [5.41, 5.74) is 6.10. The lowest BCUT2D eigenvalue weighted by Gasteiger charge is -2.35. The molecule has 7 heteroatoms. The lowest BCUT2D eigenvalue weighted by atomic mass is 9.99. The second kappa shape index (κ2) is 6.40. The van der Waals surface area contributed by atoms with E-state index in [2.05, 4.69) is 5.10 Å². The molecule has 1 aromatic heterocycles. The summed E-state index contributed by atoms with van der Waals surface area (Å²) in [5.74, 6) is -0.320. The molecule has 2 heterocycles. The van der Waals surface area contributed by atoms with E-state index in [0.29, 0.717) is 12.2 Å². The minimum Gasteiger partial charge on any atom is -0.469 e. The lowest BCUT2D eigenvalue weighted by Crippen LogP contribution is -2.46. The van der Waals surface area contributed by atoms with Crippen molar-refractivity contribution in [2.24, 2.45) is 0 Å². The molecule has 20 heavy (non-hydrogen) atoms. The molecular weight excluding hydrogens is 260 g/mol. The fraction of sp³-hybridized carbons (Fsp3) is 0.615. The summed E-state index contributed by atoms with van der Waals surface area (Å²) in [4.78, 5) is 25.5. The van der Waals surface area contributed by atoms with Gasteiger partial charge in [0.15, 0.2) is 0 Å². The first-order valence-corrected chi connectivity index (χ1v) is 6.74. The minimum absolute atomic E-state index is 0.0401. The van der Waals surface area contributed by atoms with Crippen LogP contribution in [-0.2, 0) is 20.9 Å². The second-order valence-corrected chi connectivity index (χ2v) is 4.99. The number of carbonyl (C=O) groups is 2. The van der Waals surface area contributed by atoms with Gasteiger partial charge < -0.3 is 15.4 Å². The molecule has 1 aromatic rings. The maximum absolute atomic E-state index is 12.3. The average molecular weight is 280 g/mol. The van der Waals surface area contributed by atoms with Crippen LogP contribution < -0.4 is 5.73 Å².